The van der Waals surface area contributed by atoms with Crippen LogP contribution < -0.4 is 0 Å². The number of furan rings is 1. The largest absolute Gasteiger partial charge is 0.467 e. The van der Waals surface area contributed by atoms with E-state index < -0.39 is 0 Å². The third-order valence-electron chi connectivity index (χ3n) is 31.0. The number of rotatable bonds is 0. The van der Waals surface area contributed by atoms with Crippen LogP contribution in [0.2, 0.25) is 0 Å². The molecule has 20 rings (SSSR count). The Hall–Kier alpha value is -6.36. The Morgan fingerprint density at radius 3 is 1.04 bits per heavy atom. The Kier molecular flexibility index (Phi) is 66.1. The molecule has 798 valence electrons. The molecule has 10 aliphatic carbocycles. The van der Waals surface area contributed by atoms with Gasteiger partial charge in [0.15, 0.2) is 6.29 Å². The van der Waals surface area contributed by atoms with Crippen LogP contribution in [0.5, 0.6) is 0 Å². The maximum absolute atomic E-state index is 12.7. The van der Waals surface area contributed by atoms with E-state index in [2.05, 4.69) is 274 Å². The zero-order chi connectivity index (χ0) is 106. The summed E-state index contributed by atoms with van der Waals surface area (Å²) < 4.78 is 33.5. The fraction of sp³-hybridized carbons (Fsp3) is 0.674. The first-order valence-electron chi connectivity index (χ1n) is 56.8. The van der Waals surface area contributed by atoms with Crippen LogP contribution in [0.1, 0.15) is 438 Å². The fourth-order valence-corrected chi connectivity index (χ4v) is 20.8. The molecule has 9 atom stereocenters. The average molecular weight is 1960 g/mol. The Morgan fingerprint density at radius 2 is 0.716 bits per heavy atom. The fourth-order valence-electron chi connectivity index (χ4n) is 20.0. The van der Waals surface area contributed by atoms with E-state index in [4.69, 9.17) is 18.6 Å². The van der Waals surface area contributed by atoms with E-state index in [9.17, 15) is 4.39 Å². The molecule has 4 aromatic heterocycles. The molecule has 0 amide bonds. The van der Waals surface area contributed by atoms with Gasteiger partial charge in [-0.05, 0) is 471 Å². The van der Waals surface area contributed by atoms with E-state index in [1.54, 1.807) is 16.7 Å². The van der Waals surface area contributed by atoms with Gasteiger partial charge in [0.1, 0.15) is 17.3 Å². The molecular weight excluding hydrogens is 1740 g/mol. The smallest absolute Gasteiger partial charge is 0.154 e. The third-order valence-corrected chi connectivity index (χ3v) is 31.9. The first-order chi connectivity index (χ1) is 66.6. The highest BCUT2D eigenvalue weighted by atomic mass is 32.1. The number of hydrogen-bond donors (Lipinski definition) is 0. The van der Waals surface area contributed by atoms with Crippen molar-refractivity contribution in [1.29, 1.82) is 0 Å². The van der Waals surface area contributed by atoms with Crippen molar-refractivity contribution in [2.75, 3.05) is 19.8 Å². The second-order valence-electron chi connectivity index (χ2n) is 46.0. The number of allylic oxidation sites excluding steroid dienone is 4. The molecule has 141 heavy (non-hydrogen) atoms. The number of thiophene rings is 1. The van der Waals surface area contributed by atoms with Crippen molar-refractivity contribution >= 4 is 22.1 Å². The van der Waals surface area contributed by atoms with Crippen molar-refractivity contribution in [3.8, 4) is 0 Å². The maximum atomic E-state index is 12.7. The van der Waals surface area contributed by atoms with Crippen molar-refractivity contribution in [3.05, 3.63) is 238 Å². The van der Waals surface area contributed by atoms with Gasteiger partial charge in [0.25, 0.3) is 0 Å². The summed E-state index contributed by atoms with van der Waals surface area (Å²) >= 11 is 1.84. The van der Waals surface area contributed by atoms with Gasteiger partial charge in [-0.3, -0.25) is 4.98 Å². The van der Waals surface area contributed by atoms with E-state index >= 15 is 0 Å². The Bertz CT molecular complexity index is 4200. The lowest BCUT2D eigenvalue weighted by atomic mass is 9.55. The van der Waals surface area contributed by atoms with Gasteiger partial charge in [0.05, 0.1) is 25.1 Å². The van der Waals surface area contributed by atoms with Crippen molar-refractivity contribution in [2.45, 2.75) is 476 Å². The highest BCUT2D eigenvalue weighted by molar-refractivity contribution is 7.11. The number of halogens is 1. The van der Waals surface area contributed by atoms with Crippen LogP contribution >= 0.6 is 11.3 Å². The van der Waals surface area contributed by atoms with E-state index in [0.29, 0.717) is 24.4 Å². The van der Waals surface area contributed by atoms with Crippen LogP contribution in [-0.4, -0.2) is 47.2 Å². The third kappa shape index (κ3) is 55.8. The Balaban J connectivity index is 0.000000511. The van der Waals surface area contributed by atoms with Gasteiger partial charge in [0, 0.05) is 53.0 Å². The molecular formula is C132H218FN3O4S. The maximum Gasteiger partial charge on any atom is 0.154 e. The number of benzene rings is 4. The molecule has 6 heterocycles. The second kappa shape index (κ2) is 71.3. The number of nitrogens with zero attached hydrogens (tertiary/aromatic N) is 3. The molecule has 2 saturated heterocycles. The quantitative estimate of drug-likeness (QED) is 0.140. The normalized spacial score (nSPS) is 25.9. The van der Waals surface area contributed by atoms with Crippen molar-refractivity contribution < 1.29 is 23.0 Å². The molecule has 8 aromatic rings. The predicted molar refractivity (Wildman–Crippen MR) is 621 cm³/mol. The first-order valence-corrected chi connectivity index (χ1v) is 57.6. The molecule has 9 fully saturated rings. The van der Waals surface area contributed by atoms with Gasteiger partial charge in [-0.1, -0.05) is 259 Å². The monoisotopic (exact) mass is 1960 g/mol. The summed E-state index contributed by atoms with van der Waals surface area (Å²) in [5, 5.41) is 2.67. The highest BCUT2D eigenvalue weighted by Gasteiger charge is 2.43. The second-order valence-corrected chi connectivity index (χ2v) is 47.5. The molecule has 7 saturated carbocycles. The summed E-state index contributed by atoms with van der Waals surface area (Å²) in [6.45, 7) is 88.9. The zero-order valence-corrected chi connectivity index (χ0v) is 99.8. The molecule has 0 N–H and O–H groups in total. The molecule has 8 unspecified atom stereocenters. The van der Waals surface area contributed by atoms with E-state index in [1.807, 2.05) is 145 Å². The molecule has 9 heteroatoms. The van der Waals surface area contributed by atoms with Gasteiger partial charge in [-0.2, -0.15) is 0 Å². The Morgan fingerprint density at radius 1 is 0.326 bits per heavy atom. The van der Waals surface area contributed by atoms with Gasteiger partial charge < -0.3 is 18.6 Å². The van der Waals surface area contributed by atoms with Crippen molar-refractivity contribution in [3.63, 3.8) is 0 Å². The van der Waals surface area contributed by atoms with Crippen LogP contribution in [0, 0.1) is 205 Å². The van der Waals surface area contributed by atoms with Gasteiger partial charge in [-0.15, -0.1) is 11.3 Å². The number of ether oxygens (including phenoxy) is 3. The van der Waals surface area contributed by atoms with Gasteiger partial charge in [-0.25, -0.2) is 14.4 Å². The zero-order valence-electron chi connectivity index (χ0n) is 99.0. The number of aromatic nitrogens is 3. The van der Waals surface area contributed by atoms with Crippen LogP contribution in [0.25, 0.3) is 10.8 Å². The minimum Gasteiger partial charge on any atom is -0.467 e. The van der Waals surface area contributed by atoms with E-state index in [-0.39, 0.29) is 12.1 Å². The molecule has 7 nitrogen and oxygen atoms in total. The van der Waals surface area contributed by atoms with Gasteiger partial charge >= 0.3 is 0 Å². The van der Waals surface area contributed by atoms with Crippen LogP contribution in [0.3, 0.4) is 0 Å². The molecule has 2 bridgehead atoms. The summed E-state index contributed by atoms with van der Waals surface area (Å²) in [5.74, 6) is 15.1. The number of hydrogen-bond acceptors (Lipinski definition) is 8. The SMILES string of the molecule is CC.CC.CC.CC12CCC(C)(CC1)CC2.CC1=C(F)CC(C)CC1.CC1=CCC(C)CC1.CC1CC(C)C1.CC1CCC(C)CC1.CC1CCC2CC(C)CCC2C1.CC1CC[C@@H](C)OC1.CC1COC(C)OC1.Cc1c(C)c(C)c(C)c(C)c1C.Cc1ccc(C)nc1.Cc1ccc(C)o1.Cc1ccc(C)s1.Cc1ccc2c(c1)CCC(C)C2.Cc1ccc2cc(C)ccc2c1.Cc1cnc(C)nc1. The summed E-state index contributed by atoms with van der Waals surface area (Å²) in [6.07, 6.45) is 48.8. The summed E-state index contributed by atoms with van der Waals surface area (Å²) in [5.41, 5.74) is 23.4. The predicted octanol–water partition coefficient (Wildman–Crippen LogP) is 41.0. The summed E-state index contributed by atoms with van der Waals surface area (Å²) in [4.78, 5) is 14.8. The van der Waals surface area contributed by atoms with Crippen molar-refractivity contribution in [2.24, 2.45) is 87.8 Å². The molecule has 0 radical (unpaired) electrons. The molecule has 0 spiro atoms. The summed E-state index contributed by atoms with van der Waals surface area (Å²) in [7, 11) is 0. The minimum absolute atomic E-state index is 0.0196. The lowest BCUT2D eigenvalue weighted by Gasteiger charge is -2.50. The van der Waals surface area contributed by atoms with E-state index in [0.717, 1.165) is 136 Å². The van der Waals surface area contributed by atoms with Crippen LogP contribution in [0.15, 0.2) is 137 Å². The number of pyridine rings is 1. The number of aryl methyl sites for hydroxylation is 12. The Labute approximate surface area is 875 Å². The average Bonchev–Trinajstić information content (AvgIpc) is 1.15. The lowest BCUT2D eigenvalue weighted by Crippen LogP contribution is -2.37. The molecule has 4 aromatic carbocycles. The molecule has 12 aliphatic rings. The minimum atomic E-state index is 0.0196. The summed E-state index contributed by atoms with van der Waals surface area (Å²) in [6, 6.07) is 32.2. The number of fused-ring (bicyclic) bond motifs is 6. The standard InChI is InChI=1S/C12H22.C12H16.C12H12.C12H18.C10H18.C8H13F.C8H16.C8H14.C7H9N.C7H14O.C6H8N2.C6H12O2.C6H8O.C6H8S.C6H12.3C2H6/c3*1-9-3-5-12-8-10(2)4-6-11(12)7-9;1-7-8(2)10(4)12(6)11(5)9(7)3;1-9-3-6-10(2,7-4-9)8-5-9;1-6-3-4-7(2)8(9)5-6;2*1-7-3-5-8(2)6-4-7;2*1-6-3-4-7(2)8-5-6;2*1-5-3-7-6(2)8-4-5;2*1-5-3-4-6(2)7-5;1-5-3-6(2)4-5;3*1-2/h9-12H,3-8H2,1-2H3;3,5,7,10H,4,6,8H2,1-2H3;3-8H,1-2H3;1-6H3;3-8H2,1-2H3;6H,3-5H2,1-2H3;7-8H,3-6H2,1-2H3;3,8H,4-6H2,1-2H3;3-5H,1-2H3;6-7H,3-5H2,1-2H3;3-4H,1-2H3;5-6H,3-4H2,1-2H3;2*3-4H,1-2H3;5-6H,3-4H2,1-2H3;3*1-2H3/t;;;;;;;;;6?,7-;;;;;;;;/m.........1......../s1. The lowest BCUT2D eigenvalue weighted by molar-refractivity contribution is -0.187. The molecule has 2 aliphatic heterocycles. The van der Waals surface area contributed by atoms with Gasteiger partial charge in [0.2, 0.25) is 0 Å². The van der Waals surface area contributed by atoms with E-state index in [1.165, 1.54) is 250 Å². The topological polar surface area (TPSA) is 79.5 Å². The van der Waals surface area contributed by atoms with Crippen molar-refractivity contribution in [1.82, 2.24) is 15.0 Å². The first kappa shape index (κ1) is 131. The van der Waals surface area contributed by atoms with Crippen LogP contribution in [0.4, 0.5) is 4.39 Å². The highest BCUT2D eigenvalue weighted by Crippen LogP contribution is 2.56. The van der Waals surface area contributed by atoms with Crippen LogP contribution in [-0.2, 0) is 27.1 Å².